The number of carbonyl (C=O) groups excluding carboxylic acids is 1. The number of piperidine rings is 1. The van der Waals surface area contributed by atoms with Crippen molar-refractivity contribution in [2.24, 2.45) is 0 Å². The van der Waals surface area contributed by atoms with Gasteiger partial charge in [0.05, 0.1) is 0 Å². The van der Waals surface area contributed by atoms with Crippen LogP contribution in [0.4, 0.5) is 0 Å². The minimum absolute atomic E-state index is 0.152. The molecule has 2 saturated heterocycles. The smallest absolute Gasteiger partial charge is 0.220 e. The Morgan fingerprint density at radius 2 is 1.85 bits per heavy atom. The van der Waals surface area contributed by atoms with Gasteiger partial charge < -0.3 is 10.6 Å². The lowest BCUT2D eigenvalue weighted by Crippen LogP contribution is -2.53. The van der Waals surface area contributed by atoms with Gasteiger partial charge in [-0.1, -0.05) is 6.42 Å². The fourth-order valence-corrected chi connectivity index (χ4v) is 2.45. The highest BCUT2D eigenvalue weighted by molar-refractivity contribution is 5.77. The molecule has 2 rings (SSSR count). The quantitative estimate of drug-likeness (QED) is 0.582. The van der Waals surface area contributed by atoms with E-state index in [9.17, 15) is 4.79 Å². The van der Waals surface area contributed by atoms with Crippen LogP contribution in [0.25, 0.3) is 0 Å². The van der Waals surface area contributed by atoms with E-state index in [0.717, 1.165) is 38.8 Å². The van der Waals surface area contributed by atoms with Crippen LogP contribution in [0.3, 0.4) is 0 Å². The van der Waals surface area contributed by atoms with E-state index in [0.29, 0.717) is 0 Å². The van der Waals surface area contributed by atoms with Crippen molar-refractivity contribution in [2.75, 3.05) is 13.1 Å². The first-order valence-electron chi connectivity index (χ1n) is 5.33. The number of nitrogens with one attached hydrogen (secondary N) is 2. The predicted molar refractivity (Wildman–Crippen MR) is 51.4 cm³/mol. The summed E-state index contributed by atoms with van der Waals surface area (Å²) >= 11 is 0. The molecule has 0 aliphatic carbocycles. The molecule has 1 amide bonds. The van der Waals surface area contributed by atoms with Gasteiger partial charge in [0.25, 0.3) is 0 Å². The van der Waals surface area contributed by atoms with E-state index in [1.807, 2.05) is 0 Å². The summed E-state index contributed by atoms with van der Waals surface area (Å²) in [7, 11) is 0. The highest BCUT2D eigenvalue weighted by Gasteiger charge is 2.34. The van der Waals surface area contributed by atoms with Crippen molar-refractivity contribution in [1.29, 1.82) is 0 Å². The Morgan fingerprint density at radius 1 is 1.08 bits per heavy atom. The molecule has 0 unspecified atom stereocenters. The molecular weight excluding hydrogens is 164 g/mol. The maximum Gasteiger partial charge on any atom is 0.220 e. The van der Waals surface area contributed by atoms with Crippen molar-refractivity contribution in [3.8, 4) is 0 Å². The van der Waals surface area contributed by atoms with Crippen LogP contribution in [-0.4, -0.2) is 24.5 Å². The molecule has 13 heavy (non-hydrogen) atoms. The summed E-state index contributed by atoms with van der Waals surface area (Å²) in [5, 5.41) is 6.56. The van der Waals surface area contributed by atoms with Gasteiger partial charge in [0.15, 0.2) is 0 Å². The first kappa shape index (κ1) is 9.00. The lowest BCUT2D eigenvalue weighted by Gasteiger charge is -2.37. The van der Waals surface area contributed by atoms with E-state index in [1.54, 1.807) is 0 Å². The molecule has 2 aliphatic rings. The van der Waals surface area contributed by atoms with Crippen LogP contribution in [0, 0.1) is 0 Å². The predicted octanol–water partition coefficient (Wildman–Crippen LogP) is 0.799. The maximum atomic E-state index is 11.4. The fourth-order valence-electron chi connectivity index (χ4n) is 2.45. The Balaban J connectivity index is 2.04. The molecule has 2 heterocycles. The van der Waals surface area contributed by atoms with Gasteiger partial charge in [-0.2, -0.15) is 0 Å². The normalized spacial score (nSPS) is 28.2. The molecule has 2 aliphatic heterocycles. The Labute approximate surface area is 79.3 Å². The van der Waals surface area contributed by atoms with Crippen LogP contribution in [0.1, 0.15) is 38.5 Å². The van der Waals surface area contributed by atoms with Gasteiger partial charge >= 0.3 is 0 Å². The summed E-state index contributed by atoms with van der Waals surface area (Å²) < 4.78 is 0. The summed E-state index contributed by atoms with van der Waals surface area (Å²) in [5.41, 5.74) is 0.152. The zero-order chi connectivity index (χ0) is 9.15. The van der Waals surface area contributed by atoms with Gasteiger partial charge in [0.2, 0.25) is 5.91 Å². The van der Waals surface area contributed by atoms with Gasteiger partial charge in [0, 0.05) is 12.0 Å². The molecule has 2 fully saturated rings. The molecule has 0 saturated carbocycles. The van der Waals surface area contributed by atoms with Crippen molar-refractivity contribution >= 4 is 5.91 Å². The average Bonchev–Trinajstić information content (AvgIpc) is 2.29. The van der Waals surface area contributed by atoms with Crippen molar-refractivity contribution in [1.82, 2.24) is 10.6 Å². The summed E-state index contributed by atoms with van der Waals surface area (Å²) in [5.74, 6) is 0.263. The minimum atomic E-state index is 0.152. The summed E-state index contributed by atoms with van der Waals surface area (Å²) in [6.45, 7) is 2.11. The molecule has 0 aromatic heterocycles. The average molecular weight is 182 g/mol. The molecule has 0 radical (unpaired) electrons. The van der Waals surface area contributed by atoms with Gasteiger partial charge in [-0.05, 0) is 38.8 Å². The molecule has 0 aromatic rings. The molecule has 0 aromatic carbocycles. The van der Waals surface area contributed by atoms with Gasteiger partial charge in [-0.25, -0.2) is 0 Å². The van der Waals surface area contributed by atoms with E-state index < -0.39 is 0 Å². The van der Waals surface area contributed by atoms with Crippen molar-refractivity contribution in [2.45, 2.75) is 44.1 Å². The molecule has 74 valence electrons. The third kappa shape index (κ3) is 2.02. The van der Waals surface area contributed by atoms with E-state index >= 15 is 0 Å². The summed E-state index contributed by atoms with van der Waals surface area (Å²) in [6, 6.07) is 0. The molecule has 3 heteroatoms. The van der Waals surface area contributed by atoms with Gasteiger partial charge in [-0.3, -0.25) is 4.79 Å². The topological polar surface area (TPSA) is 41.1 Å². The van der Waals surface area contributed by atoms with E-state index in [-0.39, 0.29) is 11.4 Å². The lowest BCUT2D eigenvalue weighted by molar-refractivity contribution is -0.122. The second-order valence-electron chi connectivity index (χ2n) is 4.29. The zero-order valence-electron chi connectivity index (χ0n) is 8.07. The SMILES string of the molecule is O=C1CCCCC2(CCNCC2)N1. The highest BCUT2D eigenvalue weighted by Crippen LogP contribution is 2.27. The third-order valence-electron chi connectivity index (χ3n) is 3.27. The number of hydrogen-bond donors (Lipinski definition) is 2. The van der Waals surface area contributed by atoms with Crippen molar-refractivity contribution in [3.05, 3.63) is 0 Å². The first-order chi connectivity index (χ1) is 6.31. The maximum absolute atomic E-state index is 11.4. The second kappa shape index (κ2) is 3.66. The molecular formula is C10H18N2O. The van der Waals surface area contributed by atoms with Crippen molar-refractivity contribution < 1.29 is 4.79 Å². The van der Waals surface area contributed by atoms with Crippen LogP contribution in [0.15, 0.2) is 0 Å². The van der Waals surface area contributed by atoms with Crippen LogP contribution < -0.4 is 10.6 Å². The van der Waals surface area contributed by atoms with E-state index in [2.05, 4.69) is 10.6 Å². The second-order valence-corrected chi connectivity index (χ2v) is 4.29. The van der Waals surface area contributed by atoms with Crippen LogP contribution >= 0.6 is 0 Å². The largest absolute Gasteiger partial charge is 0.351 e. The lowest BCUT2D eigenvalue weighted by atomic mass is 9.84. The number of hydrogen-bond acceptors (Lipinski definition) is 2. The van der Waals surface area contributed by atoms with Gasteiger partial charge in [0.1, 0.15) is 0 Å². The Hall–Kier alpha value is -0.570. The summed E-state index contributed by atoms with van der Waals surface area (Å²) in [6.07, 6.45) is 6.41. The Morgan fingerprint density at radius 3 is 2.62 bits per heavy atom. The number of rotatable bonds is 0. The minimum Gasteiger partial charge on any atom is -0.351 e. The number of amides is 1. The monoisotopic (exact) mass is 182 g/mol. The highest BCUT2D eigenvalue weighted by atomic mass is 16.1. The Bertz CT molecular complexity index is 197. The van der Waals surface area contributed by atoms with Gasteiger partial charge in [-0.15, -0.1) is 0 Å². The summed E-state index contributed by atoms with van der Waals surface area (Å²) in [4.78, 5) is 11.4. The van der Waals surface area contributed by atoms with Crippen LogP contribution in [0.5, 0.6) is 0 Å². The third-order valence-corrected chi connectivity index (χ3v) is 3.27. The first-order valence-corrected chi connectivity index (χ1v) is 5.33. The van der Waals surface area contributed by atoms with E-state index in [4.69, 9.17) is 0 Å². The standard InChI is InChI=1S/C10H18N2O/c13-9-3-1-2-4-10(12-9)5-7-11-8-6-10/h11H,1-8H2,(H,12,13). The molecule has 1 spiro atoms. The fraction of sp³-hybridized carbons (Fsp3) is 0.900. The molecule has 0 bridgehead atoms. The van der Waals surface area contributed by atoms with Crippen LogP contribution in [-0.2, 0) is 4.79 Å². The van der Waals surface area contributed by atoms with E-state index in [1.165, 1.54) is 12.8 Å². The molecule has 2 N–H and O–H groups in total. The molecule has 0 atom stereocenters. The van der Waals surface area contributed by atoms with Crippen molar-refractivity contribution in [3.63, 3.8) is 0 Å². The Kier molecular flexibility index (Phi) is 2.54. The number of carbonyl (C=O) groups is 1. The van der Waals surface area contributed by atoms with Crippen LogP contribution in [0.2, 0.25) is 0 Å². The zero-order valence-corrected chi connectivity index (χ0v) is 8.07. The molecule has 3 nitrogen and oxygen atoms in total.